The Morgan fingerprint density at radius 2 is 0.508 bits per heavy atom. The summed E-state index contributed by atoms with van der Waals surface area (Å²) in [6.07, 6.45) is 0. The molecule has 0 spiro atoms. The summed E-state index contributed by atoms with van der Waals surface area (Å²) in [5, 5.41) is 0. The Balaban J connectivity index is 0.000000224. The van der Waals surface area contributed by atoms with E-state index in [2.05, 4.69) is 6.07 Å². The van der Waals surface area contributed by atoms with E-state index in [0.717, 1.165) is 41.9 Å². The third-order valence-corrected chi connectivity index (χ3v) is 21.3. The number of rotatable bonds is 22. The molecule has 32 heteroatoms. The fourth-order valence-electron chi connectivity index (χ4n) is 12.6. The Kier molecular flexibility index (Phi) is 29.0. The van der Waals surface area contributed by atoms with Gasteiger partial charge in [0, 0.05) is 28.0 Å². The quantitative estimate of drug-likeness (QED) is 0.0273. The van der Waals surface area contributed by atoms with Gasteiger partial charge < -0.3 is 37.9 Å². The van der Waals surface area contributed by atoms with E-state index >= 15 is 17.6 Å². The second-order valence-corrected chi connectivity index (χ2v) is 30.0. The Hall–Kier alpha value is -13.9. The van der Waals surface area contributed by atoms with E-state index < -0.39 is 159 Å². The zero-order valence-electron chi connectivity index (χ0n) is 67.3. The van der Waals surface area contributed by atoms with E-state index in [1.807, 2.05) is 48.5 Å². The first kappa shape index (κ1) is 93.3. The number of hydrogen-bond donors (Lipinski definition) is 0. The summed E-state index contributed by atoms with van der Waals surface area (Å²) in [5.74, 6) is -30.2. The molecule has 0 N–H and O–H groups in total. The SMILES string of the molecule is COc1ccc(-c2ccc(Oc3ccc(S(=O)(=O)c4c[c-]c(Oc5ccc(-c6ccc(Oc7c(F)c(F)c(C)c(F)c7F)cc6)cc5)cc4)cc3C)cc2)cc1.Cc1c(Oc2ccc(-c3ccc(Oc4c(F)c(F)c(C)c(F)c4F)cc3)cc2)cccc1Oc1ccc(-c2ccc(Oc3c(F)c(F)c(-c4c(F)c(F)c(C)c(F)c4F)c(F)c3F)cc2)cc1.O=S(=O)=O.[Na+]. The molecule has 128 heavy (non-hydrogen) atoms. The molecule has 0 radical (unpaired) electrons. The molecule has 0 bridgehead atoms. The molecule has 0 fully saturated rings. The van der Waals surface area contributed by atoms with Gasteiger partial charge in [-0.2, -0.15) is 38.5 Å². The van der Waals surface area contributed by atoms with Crippen LogP contribution in [-0.2, 0) is 20.4 Å². The minimum atomic E-state index is -3.88. The van der Waals surface area contributed by atoms with Crippen LogP contribution in [0.5, 0.6) is 86.2 Å². The van der Waals surface area contributed by atoms with Crippen LogP contribution in [0.4, 0.5) is 70.2 Å². The minimum absolute atomic E-state index is 0. The number of benzene rings is 15. The van der Waals surface area contributed by atoms with Crippen LogP contribution in [0, 0.1) is 134 Å². The monoisotopic (exact) mass is 1810 g/mol. The zero-order valence-corrected chi connectivity index (χ0v) is 71.0. The first-order chi connectivity index (χ1) is 60.6. The Morgan fingerprint density at radius 3 is 0.781 bits per heavy atom. The van der Waals surface area contributed by atoms with Crippen LogP contribution in [0.25, 0.3) is 55.6 Å². The largest absolute Gasteiger partial charge is 1.00 e. The summed E-state index contributed by atoms with van der Waals surface area (Å²) in [4.78, 5) is 0.143. The van der Waals surface area contributed by atoms with E-state index in [-0.39, 0.29) is 56.6 Å². The molecule has 0 heterocycles. The van der Waals surface area contributed by atoms with Gasteiger partial charge in [0.2, 0.25) is 52.2 Å². The van der Waals surface area contributed by atoms with E-state index in [0.29, 0.717) is 86.3 Å². The van der Waals surface area contributed by atoms with Crippen LogP contribution in [0.15, 0.2) is 259 Å². The number of ether oxygens (including phenoxy) is 8. The van der Waals surface area contributed by atoms with Gasteiger partial charge in [0.25, 0.3) is 0 Å². The van der Waals surface area contributed by atoms with Gasteiger partial charge in [-0.1, -0.05) is 103 Å². The molecule has 15 aromatic rings. The van der Waals surface area contributed by atoms with Crippen molar-refractivity contribution in [1.82, 2.24) is 0 Å². The molecular weight excluding hydrogens is 1750 g/mol. The van der Waals surface area contributed by atoms with Crippen LogP contribution in [0.3, 0.4) is 0 Å². The summed E-state index contributed by atoms with van der Waals surface area (Å²) >= 11 is 0. The third-order valence-electron chi connectivity index (χ3n) is 19.6. The van der Waals surface area contributed by atoms with Crippen LogP contribution >= 0.6 is 0 Å². The van der Waals surface area contributed by atoms with Gasteiger partial charge in [0.1, 0.15) is 63.2 Å². The second-order valence-electron chi connectivity index (χ2n) is 27.7. The fraction of sp³-hybridized carbons (Fsp3) is 0.0625. The zero-order chi connectivity index (χ0) is 91.1. The van der Waals surface area contributed by atoms with Crippen molar-refractivity contribution in [3.8, 4) is 142 Å². The third kappa shape index (κ3) is 20.3. The number of methoxy groups -OCH3 is 1. The summed E-state index contributed by atoms with van der Waals surface area (Å²) < 4.78 is 328. The molecule has 15 aromatic carbocycles. The predicted molar refractivity (Wildman–Crippen MR) is 436 cm³/mol. The maximum absolute atomic E-state index is 15.1. The summed E-state index contributed by atoms with van der Waals surface area (Å²) in [7, 11) is -5.37. The molecule has 0 amide bonds. The standard InChI is InChI=1S/C51H28F12O4.C45H31F4O6S.Na.O3S/c1-23-34(64-30-15-7-26(8-16-30)28-11-19-32(20-12-28)66-50-46(60)40(54)25(3)41(55)47(50)61)5-4-6-35(23)65-31-17-9-27(10-18-31)29-13-21-33(22-14-29)67-51-48(62)44(58)37(45(59)49(51)63)36-42(56)38(52)24(2)39(53)43(36)57;1-27-26-39(24-25-40(27)54-36-16-8-31(9-17-36)29-4-12-33(52-3)13-5-29)56(50,51)38-22-20-35(21-23-38)53-34-14-6-30(7-15-34)32-10-18-37(19-11-32)55-45-43(48)41(46)28(2)42(47)44(45)49;;1-4(2)3/h4-22H,1-3H3;4-20,22-26H,1-3H3;;/q;-1;+1;. The van der Waals surface area contributed by atoms with E-state index in [9.17, 15) is 61.1 Å². The molecule has 0 atom stereocenters. The van der Waals surface area contributed by atoms with Gasteiger partial charge >= 0.3 is 40.2 Å². The van der Waals surface area contributed by atoms with Crippen LogP contribution < -0.4 is 67.5 Å². The van der Waals surface area contributed by atoms with Gasteiger partial charge in [-0.25, -0.2) is 52.3 Å². The number of sulfone groups is 1. The van der Waals surface area contributed by atoms with Gasteiger partial charge in [-0.05, 0) is 217 Å². The fourth-order valence-corrected chi connectivity index (χ4v) is 14.0. The second kappa shape index (κ2) is 39.8. The van der Waals surface area contributed by atoms with Crippen LogP contribution in [0.2, 0.25) is 0 Å². The maximum atomic E-state index is 15.1. The molecule has 15 rings (SSSR count). The molecule has 0 saturated heterocycles. The van der Waals surface area contributed by atoms with Gasteiger partial charge in [0.15, 0.2) is 68.0 Å². The first-order valence-electron chi connectivity index (χ1n) is 37.3. The van der Waals surface area contributed by atoms with Crippen LogP contribution in [-0.4, -0.2) is 28.2 Å². The molecule has 0 aliphatic rings. The Bertz CT molecular complexity index is 6810. The Morgan fingerprint density at radius 1 is 0.266 bits per heavy atom. The molecule has 0 aliphatic heterocycles. The van der Waals surface area contributed by atoms with E-state index in [4.69, 9.17) is 50.5 Å². The van der Waals surface area contributed by atoms with Crippen molar-refractivity contribution in [2.75, 3.05) is 7.11 Å². The molecule has 0 saturated carbocycles. The molecular formula is C96H59F16NaO13S2. The van der Waals surface area contributed by atoms with Crippen molar-refractivity contribution >= 4 is 20.4 Å². The number of hydrogen-bond acceptors (Lipinski definition) is 13. The predicted octanol–water partition coefficient (Wildman–Crippen LogP) is 24.7. The topological polar surface area (TPSA) is 159 Å². The van der Waals surface area contributed by atoms with Crippen molar-refractivity contribution in [3.63, 3.8) is 0 Å². The first-order valence-corrected chi connectivity index (χ1v) is 39.8. The number of aryl methyl sites for hydroxylation is 1. The Labute approximate surface area is 743 Å². The van der Waals surface area contributed by atoms with E-state index in [1.54, 1.807) is 148 Å². The average molecular weight is 1810 g/mol. The maximum Gasteiger partial charge on any atom is 1.00 e. The van der Waals surface area contributed by atoms with Crippen molar-refractivity contribution in [3.05, 3.63) is 376 Å². The summed E-state index contributed by atoms with van der Waals surface area (Å²) in [5.41, 5.74) is 0.741. The summed E-state index contributed by atoms with van der Waals surface area (Å²) in [6, 6.07) is 70.4. The number of halogens is 16. The van der Waals surface area contributed by atoms with Crippen molar-refractivity contribution in [1.29, 1.82) is 0 Å². The minimum Gasteiger partial charge on any atom is -0.497 e. The molecule has 0 aromatic heterocycles. The normalized spacial score (nSPS) is 11.0. The van der Waals surface area contributed by atoms with Crippen LogP contribution in [0.1, 0.15) is 27.8 Å². The average Bonchev–Trinajstić information content (AvgIpc) is 0.744. The molecule has 0 aliphatic carbocycles. The summed E-state index contributed by atoms with van der Waals surface area (Å²) in [6.45, 7) is 6.06. The van der Waals surface area contributed by atoms with Crippen molar-refractivity contribution < 1.29 is 159 Å². The van der Waals surface area contributed by atoms with Gasteiger partial charge in [-0.15, -0.1) is 24.8 Å². The van der Waals surface area contributed by atoms with E-state index in [1.165, 1.54) is 72.8 Å². The van der Waals surface area contributed by atoms with Crippen molar-refractivity contribution in [2.24, 2.45) is 0 Å². The van der Waals surface area contributed by atoms with Crippen molar-refractivity contribution in [2.45, 2.75) is 44.4 Å². The van der Waals surface area contributed by atoms with Gasteiger partial charge in [-0.3, -0.25) is 0 Å². The molecule has 13 nitrogen and oxygen atoms in total. The molecule has 0 unspecified atom stereocenters. The smallest absolute Gasteiger partial charge is 0.497 e. The van der Waals surface area contributed by atoms with Gasteiger partial charge in [0.05, 0.1) is 23.1 Å². The molecule has 646 valence electrons.